The van der Waals surface area contributed by atoms with Gasteiger partial charge >= 0.3 is 5.97 Å². The van der Waals surface area contributed by atoms with E-state index in [-0.39, 0.29) is 17.8 Å². The number of aryl methyl sites for hydroxylation is 1. The second-order valence-electron chi connectivity index (χ2n) is 5.21. The molecular formula is C17H15INO4+. The van der Waals surface area contributed by atoms with E-state index in [0.717, 1.165) is 8.33 Å². The van der Waals surface area contributed by atoms with Crippen molar-refractivity contribution in [2.24, 2.45) is 0 Å². The summed E-state index contributed by atoms with van der Waals surface area (Å²) in [6, 6.07) is 9.82. The summed E-state index contributed by atoms with van der Waals surface area (Å²) in [5.41, 5.74) is 2.28. The maximum Gasteiger partial charge on any atom is 0.336 e. The van der Waals surface area contributed by atoms with Crippen molar-refractivity contribution in [3.05, 3.63) is 67.1 Å². The molecule has 0 saturated heterocycles. The number of hydrogen-bond donors (Lipinski definition) is 1. The SMILES string of the molecule is Cc1cc(C(=O)Cc2ccc(I)cc2C(=O)O)ccc1[N+](C)=O. The molecule has 118 valence electrons. The highest BCUT2D eigenvalue weighted by Crippen LogP contribution is 2.21. The number of Topliss-reactive ketones (excluding diaryl/α,β-unsaturated/α-hetero) is 1. The maximum absolute atomic E-state index is 12.4. The van der Waals surface area contributed by atoms with E-state index in [0.29, 0.717) is 22.4 Å². The molecule has 5 nitrogen and oxygen atoms in total. The van der Waals surface area contributed by atoms with E-state index in [1.165, 1.54) is 7.05 Å². The molecule has 1 N–H and O–H groups in total. The predicted octanol–water partition coefficient (Wildman–Crippen LogP) is 3.76. The van der Waals surface area contributed by atoms with Gasteiger partial charge in [0.05, 0.1) is 5.56 Å². The van der Waals surface area contributed by atoms with Crippen LogP contribution < -0.4 is 0 Å². The monoisotopic (exact) mass is 424 g/mol. The third kappa shape index (κ3) is 4.01. The average Bonchev–Trinajstić information content (AvgIpc) is 2.48. The molecule has 23 heavy (non-hydrogen) atoms. The van der Waals surface area contributed by atoms with Crippen molar-refractivity contribution in [1.82, 2.24) is 0 Å². The minimum atomic E-state index is -1.05. The number of carboxylic acids is 1. The standard InChI is InChI=1S/C17H14INO4/c1-10-7-12(4-6-15(10)19(2)23)16(20)8-11-3-5-13(18)9-14(11)17(21)22/h3-7,9H,8H2,1-2H3/p+1. The van der Waals surface area contributed by atoms with Crippen LogP contribution in [0.3, 0.4) is 0 Å². The lowest BCUT2D eigenvalue weighted by molar-refractivity contribution is -0.428. The van der Waals surface area contributed by atoms with Gasteiger partial charge in [0.15, 0.2) is 12.8 Å². The number of rotatable bonds is 5. The normalized spacial score (nSPS) is 10.4. The highest BCUT2D eigenvalue weighted by molar-refractivity contribution is 14.1. The largest absolute Gasteiger partial charge is 0.478 e. The van der Waals surface area contributed by atoms with E-state index in [2.05, 4.69) is 0 Å². The Balaban J connectivity index is 2.31. The topological polar surface area (TPSA) is 74.5 Å². The highest BCUT2D eigenvalue weighted by Gasteiger charge is 2.17. The zero-order chi connectivity index (χ0) is 17.1. The maximum atomic E-state index is 12.4. The van der Waals surface area contributed by atoms with Crippen molar-refractivity contribution in [1.29, 1.82) is 0 Å². The molecule has 0 amide bonds. The number of benzene rings is 2. The third-order valence-electron chi connectivity index (χ3n) is 3.51. The molecule has 0 atom stereocenters. The molecule has 0 fully saturated rings. The minimum Gasteiger partial charge on any atom is -0.478 e. The number of hydrogen-bond acceptors (Lipinski definition) is 3. The third-order valence-corrected chi connectivity index (χ3v) is 4.18. The summed E-state index contributed by atoms with van der Waals surface area (Å²) >= 11 is 2.03. The summed E-state index contributed by atoms with van der Waals surface area (Å²) in [5.74, 6) is -1.23. The zero-order valence-corrected chi connectivity index (χ0v) is 14.8. The number of carboxylic acid groups (broad SMARTS) is 1. The first-order chi connectivity index (χ1) is 10.8. The van der Waals surface area contributed by atoms with E-state index in [1.807, 2.05) is 22.6 Å². The number of carbonyl (C=O) groups is 2. The van der Waals surface area contributed by atoms with E-state index in [1.54, 1.807) is 43.3 Å². The fraction of sp³-hybridized carbons (Fsp3) is 0.176. The Labute approximate surface area is 147 Å². The van der Waals surface area contributed by atoms with Crippen LogP contribution in [0.25, 0.3) is 0 Å². The van der Waals surface area contributed by atoms with Crippen molar-refractivity contribution < 1.29 is 19.5 Å². The van der Waals surface area contributed by atoms with Crippen LogP contribution in [0.1, 0.15) is 31.8 Å². The van der Waals surface area contributed by atoms with Crippen LogP contribution in [0.4, 0.5) is 5.69 Å². The molecule has 0 aliphatic heterocycles. The van der Waals surface area contributed by atoms with Crippen molar-refractivity contribution >= 4 is 40.0 Å². The Hall–Kier alpha value is -2.09. The average molecular weight is 424 g/mol. The van der Waals surface area contributed by atoms with Gasteiger partial charge in [0.25, 0.3) is 5.69 Å². The van der Waals surface area contributed by atoms with Crippen LogP contribution in [0, 0.1) is 15.4 Å². The van der Waals surface area contributed by atoms with E-state index in [4.69, 9.17) is 0 Å². The molecule has 0 heterocycles. The van der Waals surface area contributed by atoms with Crippen LogP contribution in [0.15, 0.2) is 36.4 Å². The molecule has 0 aliphatic carbocycles. The van der Waals surface area contributed by atoms with Crippen LogP contribution in [0.5, 0.6) is 0 Å². The molecule has 0 aliphatic rings. The van der Waals surface area contributed by atoms with Gasteiger partial charge in [0.1, 0.15) is 0 Å². The fourth-order valence-corrected chi connectivity index (χ4v) is 2.85. The second-order valence-corrected chi connectivity index (χ2v) is 6.45. The molecule has 0 aromatic heterocycles. The smallest absolute Gasteiger partial charge is 0.336 e. The summed E-state index contributed by atoms with van der Waals surface area (Å²) < 4.78 is 1.54. The first-order valence-electron chi connectivity index (χ1n) is 6.86. The van der Waals surface area contributed by atoms with Crippen molar-refractivity contribution in [2.45, 2.75) is 13.3 Å². The Morgan fingerprint density at radius 2 is 1.87 bits per heavy atom. The van der Waals surface area contributed by atoms with Crippen LogP contribution >= 0.6 is 22.6 Å². The number of ketones is 1. The number of aromatic carboxylic acids is 1. The highest BCUT2D eigenvalue weighted by atomic mass is 127. The lowest BCUT2D eigenvalue weighted by atomic mass is 9.97. The lowest BCUT2D eigenvalue weighted by Crippen LogP contribution is -2.10. The summed E-state index contributed by atoms with van der Waals surface area (Å²) in [6.45, 7) is 1.76. The van der Waals surface area contributed by atoms with Gasteiger partial charge in [-0.25, -0.2) is 4.79 Å². The van der Waals surface area contributed by atoms with Gasteiger partial charge in [-0.3, -0.25) is 4.79 Å². The number of nitrogens with zero attached hydrogens (tertiary/aromatic N) is 1. The first kappa shape index (κ1) is 17.3. The van der Waals surface area contributed by atoms with Gasteiger partial charge < -0.3 is 5.11 Å². The molecule has 0 radical (unpaired) electrons. The lowest BCUT2D eigenvalue weighted by Gasteiger charge is -2.07. The number of carbonyl (C=O) groups excluding carboxylic acids is 1. The minimum absolute atomic E-state index is 0.00452. The van der Waals surface area contributed by atoms with Gasteiger partial charge in [-0.15, -0.1) is 0 Å². The summed E-state index contributed by atoms with van der Waals surface area (Å²) in [6.07, 6.45) is 0.00452. The Kier molecular flexibility index (Phi) is 5.25. The van der Waals surface area contributed by atoms with Gasteiger partial charge in [-0.1, -0.05) is 6.07 Å². The van der Waals surface area contributed by atoms with Gasteiger partial charge in [-0.05, 0) is 59.3 Å². The number of halogens is 1. The van der Waals surface area contributed by atoms with Crippen molar-refractivity contribution in [3.8, 4) is 0 Å². The first-order valence-corrected chi connectivity index (χ1v) is 7.94. The summed E-state index contributed by atoms with van der Waals surface area (Å²) in [4.78, 5) is 35.1. The van der Waals surface area contributed by atoms with Crippen molar-refractivity contribution in [3.63, 3.8) is 0 Å². The fourth-order valence-electron chi connectivity index (χ4n) is 2.36. The Bertz CT molecular complexity index is 814. The van der Waals surface area contributed by atoms with E-state index < -0.39 is 5.97 Å². The van der Waals surface area contributed by atoms with Gasteiger partial charge in [0.2, 0.25) is 0 Å². The summed E-state index contributed by atoms with van der Waals surface area (Å²) in [5, 5.41) is 9.26. The molecule has 0 bridgehead atoms. The van der Waals surface area contributed by atoms with Crippen LogP contribution in [0.2, 0.25) is 0 Å². The van der Waals surface area contributed by atoms with E-state index >= 15 is 0 Å². The predicted molar refractivity (Wildman–Crippen MR) is 94.5 cm³/mol. The quantitative estimate of drug-likeness (QED) is 0.451. The zero-order valence-electron chi connectivity index (χ0n) is 12.7. The molecule has 0 saturated carbocycles. The van der Waals surface area contributed by atoms with E-state index in [9.17, 15) is 19.6 Å². The van der Waals surface area contributed by atoms with Crippen LogP contribution in [-0.4, -0.2) is 28.7 Å². The molecule has 2 aromatic carbocycles. The van der Waals surface area contributed by atoms with Gasteiger partial charge in [0, 0.05) is 36.9 Å². The molecule has 0 unspecified atom stereocenters. The Morgan fingerprint density at radius 3 is 2.43 bits per heavy atom. The van der Waals surface area contributed by atoms with Crippen molar-refractivity contribution in [2.75, 3.05) is 7.05 Å². The summed E-state index contributed by atoms with van der Waals surface area (Å²) in [7, 11) is 1.40. The molecule has 6 heteroatoms. The Morgan fingerprint density at radius 1 is 1.17 bits per heavy atom. The number of nitroso groups, excluding NO2 is 1. The van der Waals surface area contributed by atoms with Crippen LogP contribution in [-0.2, 0) is 6.42 Å². The molecular weight excluding hydrogens is 409 g/mol. The molecule has 0 spiro atoms. The molecule has 2 aromatic rings. The van der Waals surface area contributed by atoms with Gasteiger partial charge in [-0.2, -0.15) is 0 Å². The molecule has 2 rings (SSSR count). The second kappa shape index (κ2) is 6.99.